The number of anilines is 1. The van der Waals surface area contributed by atoms with Crippen LogP contribution in [0.15, 0.2) is 24.3 Å². The molecule has 2 atom stereocenters. The van der Waals surface area contributed by atoms with E-state index in [0.29, 0.717) is 5.75 Å². The monoisotopic (exact) mass is 418 g/mol. The van der Waals surface area contributed by atoms with Gasteiger partial charge in [-0.1, -0.05) is 53.7 Å². The highest BCUT2D eigenvalue weighted by atomic mass is 79.9. The van der Waals surface area contributed by atoms with E-state index in [-0.39, 0.29) is 6.42 Å². The first kappa shape index (κ1) is 21.1. The number of carboxylic acid groups (broad SMARTS) is 1. The molecule has 0 saturated carbocycles. The molecular formula is C17H27BrN2O3S. The SMILES string of the molecule is N[C@@H](Cc1ccc(NS(=O)CCCCCCCCBr)cc1)C(=O)O. The summed E-state index contributed by atoms with van der Waals surface area (Å²) in [4.78, 5) is 10.7. The van der Waals surface area contributed by atoms with Crippen LogP contribution >= 0.6 is 15.9 Å². The highest BCUT2D eigenvalue weighted by Gasteiger charge is 2.11. The van der Waals surface area contributed by atoms with Crippen LogP contribution in [0, 0.1) is 0 Å². The smallest absolute Gasteiger partial charge is 0.320 e. The first-order valence-electron chi connectivity index (χ1n) is 8.31. The molecule has 7 heteroatoms. The second-order valence-electron chi connectivity index (χ2n) is 5.81. The minimum Gasteiger partial charge on any atom is -0.480 e. The molecule has 4 N–H and O–H groups in total. The van der Waals surface area contributed by atoms with Gasteiger partial charge in [-0.05, 0) is 37.0 Å². The van der Waals surface area contributed by atoms with Crippen molar-refractivity contribution < 1.29 is 14.1 Å². The summed E-state index contributed by atoms with van der Waals surface area (Å²) in [6, 6.07) is 6.34. The summed E-state index contributed by atoms with van der Waals surface area (Å²) >= 11 is 3.42. The Morgan fingerprint density at radius 3 is 2.29 bits per heavy atom. The van der Waals surface area contributed by atoms with Crippen LogP contribution in [-0.2, 0) is 22.2 Å². The average Bonchev–Trinajstić information content (AvgIpc) is 2.55. The summed E-state index contributed by atoms with van der Waals surface area (Å²) in [7, 11) is -1.08. The number of carboxylic acids is 1. The van der Waals surface area contributed by atoms with Gasteiger partial charge in [-0.15, -0.1) is 0 Å². The molecule has 1 aromatic rings. The molecule has 136 valence electrons. The molecule has 1 unspecified atom stereocenters. The third-order valence-corrected chi connectivity index (χ3v) is 5.36. The van der Waals surface area contributed by atoms with Crippen molar-refractivity contribution in [2.45, 2.75) is 51.0 Å². The van der Waals surface area contributed by atoms with Gasteiger partial charge in [0.05, 0.1) is 0 Å². The molecule has 0 spiro atoms. The van der Waals surface area contributed by atoms with Crippen molar-refractivity contribution in [3.63, 3.8) is 0 Å². The second kappa shape index (κ2) is 12.4. The van der Waals surface area contributed by atoms with Crippen LogP contribution in [0.1, 0.15) is 44.1 Å². The lowest BCUT2D eigenvalue weighted by molar-refractivity contribution is -0.138. The second-order valence-corrected chi connectivity index (χ2v) is 7.90. The first-order chi connectivity index (χ1) is 11.5. The molecule has 0 aliphatic heterocycles. The molecule has 0 bridgehead atoms. The van der Waals surface area contributed by atoms with Crippen molar-refractivity contribution >= 4 is 38.6 Å². The predicted molar refractivity (Wildman–Crippen MR) is 104 cm³/mol. The lowest BCUT2D eigenvalue weighted by Crippen LogP contribution is -2.32. The Bertz CT molecular complexity index is 511. The van der Waals surface area contributed by atoms with Gasteiger partial charge < -0.3 is 15.6 Å². The normalized spacial score (nSPS) is 13.4. The Labute approximate surface area is 155 Å². The molecule has 1 aromatic carbocycles. The Hall–Kier alpha value is -0.920. The predicted octanol–water partition coefficient (Wildman–Crippen LogP) is 3.45. The van der Waals surface area contributed by atoms with E-state index in [4.69, 9.17) is 10.8 Å². The Morgan fingerprint density at radius 1 is 1.12 bits per heavy atom. The summed E-state index contributed by atoms with van der Waals surface area (Å²) in [5, 5.41) is 9.87. The molecule has 0 aliphatic carbocycles. The topological polar surface area (TPSA) is 92.4 Å². The number of benzene rings is 1. The fraction of sp³-hybridized carbons (Fsp3) is 0.588. The van der Waals surface area contributed by atoms with Gasteiger partial charge in [0.25, 0.3) is 0 Å². The minimum atomic E-state index is -1.08. The van der Waals surface area contributed by atoms with Crippen molar-refractivity contribution in [3.8, 4) is 0 Å². The zero-order chi connectivity index (χ0) is 17.8. The van der Waals surface area contributed by atoms with Gasteiger partial charge in [-0.3, -0.25) is 4.79 Å². The average molecular weight is 419 g/mol. The van der Waals surface area contributed by atoms with Crippen molar-refractivity contribution in [3.05, 3.63) is 29.8 Å². The largest absolute Gasteiger partial charge is 0.480 e. The maximum absolute atomic E-state index is 12.0. The summed E-state index contributed by atoms with van der Waals surface area (Å²) < 4.78 is 15.0. The fourth-order valence-electron chi connectivity index (χ4n) is 2.27. The maximum Gasteiger partial charge on any atom is 0.320 e. The van der Waals surface area contributed by atoms with Crippen LogP contribution in [0.5, 0.6) is 0 Å². The zero-order valence-corrected chi connectivity index (χ0v) is 16.3. The molecule has 0 fully saturated rings. The number of nitrogens with one attached hydrogen (secondary N) is 1. The Morgan fingerprint density at radius 2 is 1.71 bits per heavy atom. The number of hydrogen-bond donors (Lipinski definition) is 3. The third kappa shape index (κ3) is 9.39. The number of hydrogen-bond acceptors (Lipinski definition) is 3. The number of aliphatic carboxylic acids is 1. The summed E-state index contributed by atoms with van der Waals surface area (Å²) in [5.74, 6) is -0.366. The molecule has 1 rings (SSSR count). The van der Waals surface area contributed by atoms with Crippen molar-refractivity contribution in [2.75, 3.05) is 15.8 Å². The van der Waals surface area contributed by atoms with Crippen LogP contribution < -0.4 is 10.5 Å². The van der Waals surface area contributed by atoms with Gasteiger partial charge in [0.1, 0.15) is 17.0 Å². The number of unbranched alkanes of at least 4 members (excludes halogenated alkanes) is 5. The molecule has 24 heavy (non-hydrogen) atoms. The van der Waals surface area contributed by atoms with E-state index >= 15 is 0 Å². The van der Waals surface area contributed by atoms with Crippen LogP contribution in [0.4, 0.5) is 5.69 Å². The van der Waals surface area contributed by atoms with E-state index in [1.54, 1.807) is 0 Å². The highest BCUT2D eigenvalue weighted by molar-refractivity contribution is 9.09. The van der Waals surface area contributed by atoms with E-state index in [1.807, 2.05) is 24.3 Å². The van der Waals surface area contributed by atoms with Crippen LogP contribution in [0.3, 0.4) is 0 Å². The Balaban J connectivity index is 2.23. The maximum atomic E-state index is 12.0. The lowest BCUT2D eigenvalue weighted by atomic mass is 10.1. The van der Waals surface area contributed by atoms with Crippen molar-refractivity contribution in [2.24, 2.45) is 5.73 Å². The summed E-state index contributed by atoms with van der Waals surface area (Å²) in [6.45, 7) is 0. The van der Waals surface area contributed by atoms with E-state index < -0.39 is 23.0 Å². The number of halogens is 1. The zero-order valence-electron chi connectivity index (χ0n) is 13.9. The minimum absolute atomic E-state index is 0.285. The van der Waals surface area contributed by atoms with Gasteiger partial charge in [-0.2, -0.15) is 0 Å². The number of alkyl halides is 1. The molecule has 0 aliphatic rings. The molecule has 5 nitrogen and oxygen atoms in total. The molecule has 0 aromatic heterocycles. The van der Waals surface area contributed by atoms with Gasteiger partial charge in [0, 0.05) is 16.8 Å². The van der Waals surface area contributed by atoms with Gasteiger partial charge in [-0.25, -0.2) is 4.21 Å². The third-order valence-electron chi connectivity index (χ3n) is 3.67. The van der Waals surface area contributed by atoms with Crippen molar-refractivity contribution in [1.82, 2.24) is 0 Å². The summed E-state index contributed by atoms with van der Waals surface area (Å²) in [6.07, 6.45) is 7.27. The van der Waals surface area contributed by atoms with Gasteiger partial charge >= 0.3 is 5.97 Å². The fourth-order valence-corrected chi connectivity index (χ4v) is 3.63. The van der Waals surface area contributed by atoms with Gasteiger partial charge in [0.2, 0.25) is 0 Å². The highest BCUT2D eigenvalue weighted by Crippen LogP contribution is 2.13. The molecule has 0 amide bonds. The Kier molecular flexibility index (Phi) is 11.0. The molecule has 0 heterocycles. The molecular weight excluding hydrogens is 392 g/mol. The molecule has 0 saturated heterocycles. The van der Waals surface area contributed by atoms with E-state index in [9.17, 15) is 9.00 Å². The lowest BCUT2D eigenvalue weighted by Gasteiger charge is -2.09. The van der Waals surface area contributed by atoms with Crippen LogP contribution in [0.2, 0.25) is 0 Å². The summed E-state index contributed by atoms with van der Waals surface area (Å²) in [5.41, 5.74) is 7.14. The van der Waals surface area contributed by atoms with Crippen LogP contribution in [0.25, 0.3) is 0 Å². The molecule has 0 radical (unpaired) electrons. The first-order valence-corrected chi connectivity index (χ1v) is 10.8. The van der Waals surface area contributed by atoms with E-state index in [1.165, 1.54) is 25.7 Å². The number of nitrogens with two attached hydrogens (primary N) is 1. The number of carbonyl (C=O) groups is 1. The van der Waals surface area contributed by atoms with Crippen LogP contribution in [-0.4, -0.2) is 32.4 Å². The van der Waals surface area contributed by atoms with E-state index in [0.717, 1.165) is 29.4 Å². The standard InChI is InChI=1S/C17H27BrN2O3S/c18-11-5-3-1-2-4-6-12-24(23)20-15-9-7-14(8-10-15)13-16(19)17(21)22/h7-10,16,20H,1-6,11-13,19H2,(H,21,22)/t16-,24?/m0/s1. The van der Waals surface area contributed by atoms with E-state index in [2.05, 4.69) is 20.7 Å². The number of rotatable bonds is 13. The van der Waals surface area contributed by atoms with Gasteiger partial charge in [0.15, 0.2) is 0 Å². The quantitative estimate of drug-likeness (QED) is 0.337. The van der Waals surface area contributed by atoms with Crippen molar-refractivity contribution in [1.29, 1.82) is 0 Å².